The van der Waals surface area contributed by atoms with E-state index >= 15 is 0 Å². The van der Waals surface area contributed by atoms with Gasteiger partial charge in [-0.2, -0.15) is 0 Å². The van der Waals surface area contributed by atoms with Crippen molar-refractivity contribution in [3.8, 4) is 0 Å². The summed E-state index contributed by atoms with van der Waals surface area (Å²) in [7, 11) is 0. The van der Waals surface area contributed by atoms with Crippen LogP contribution in [0.5, 0.6) is 0 Å². The third-order valence-corrected chi connectivity index (χ3v) is 3.25. The van der Waals surface area contributed by atoms with E-state index in [4.69, 9.17) is 0 Å². The van der Waals surface area contributed by atoms with Crippen LogP contribution < -0.4 is 0 Å². The number of benzene rings is 1. The number of rotatable bonds is 3. The fourth-order valence-corrected chi connectivity index (χ4v) is 2.04. The summed E-state index contributed by atoms with van der Waals surface area (Å²) < 4.78 is 0. The van der Waals surface area contributed by atoms with Crippen LogP contribution in [0, 0.1) is 18.8 Å². The van der Waals surface area contributed by atoms with Gasteiger partial charge in [0.1, 0.15) is 0 Å². The highest BCUT2D eigenvalue weighted by atomic mass is 16.3. The summed E-state index contributed by atoms with van der Waals surface area (Å²) in [6, 6.07) is 8.20. The molecule has 1 nitrogen and oxygen atoms in total. The van der Waals surface area contributed by atoms with Crippen molar-refractivity contribution < 1.29 is 5.11 Å². The van der Waals surface area contributed by atoms with Gasteiger partial charge in [-0.25, -0.2) is 0 Å². The number of hydrogen-bond donors (Lipinski definition) is 1. The average Bonchev–Trinajstić information content (AvgIpc) is 2.99. The zero-order valence-electron chi connectivity index (χ0n) is 8.90. The van der Waals surface area contributed by atoms with Crippen LogP contribution in [0.1, 0.15) is 37.0 Å². The number of aliphatic hydroxyl groups excluding tert-OH is 1. The van der Waals surface area contributed by atoms with Crippen LogP contribution in [0.3, 0.4) is 0 Å². The molecule has 0 bridgehead atoms. The first-order valence-electron chi connectivity index (χ1n) is 5.43. The first-order valence-corrected chi connectivity index (χ1v) is 5.43. The smallest absolute Gasteiger partial charge is 0.0818 e. The van der Waals surface area contributed by atoms with Gasteiger partial charge in [-0.05, 0) is 37.2 Å². The third-order valence-electron chi connectivity index (χ3n) is 3.25. The minimum atomic E-state index is -0.276. The Balaban J connectivity index is 2.13. The summed E-state index contributed by atoms with van der Waals surface area (Å²) >= 11 is 0. The van der Waals surface area contributed by atoms with Gasteiger partial charge in [0.25, 0.3) is 0 Å². The van der Waals surface area contributed by atoms with E-state index in [1.807, 2.05) is 12.1 Å². The van der Waals surface area contributed by atoms with Gasteiger partial charge in [-0.1, -0.05) is 36.8 Å². The molecule has 0 amide bonds. The van der Waals surface area contributed by atoms with Gasteiger partial charge in [0.2, 0.25) is 0 Å². The Hall–Kier alpha value is -0.820. The molecule has 14 heavy (non-hydrogen) atoms. The fraction of sp³-hybridized carbons (Fsp3) is 0.538. The van der Waals surface area contributed by atoms with Crippen LogP contribution in [0.2, 0.25) is 0 Å². The highest BCUT2D eigenvalue weighted by Gasteiger charge is 2.32. The average molecular weight is 190 g/mol. The molecular formula is C13H18O. The molecular weight excluding hydrogens is 172 g/mol. The number of hydrogen-bond acceptors (Lipinski definition) is 1. The van der Waals surface area contributed by atoms with E-state index in [-0.39, 0.29) is 6.10 Å². The Kier molecular flexibility index (Phi) is 2.60. The molecule has 1 N–H and O–H groups in total. The molecule has 1 fully saturated rings. The first-order chi connectivity index (χ1) is 6.68. The van der Waals surface area contributed by atoms with Crippen LogP contribution in [0.4, 0.5) is 0 Å². The highest BCUT2D eigenvalue weighted by molar-refractivity contribution is 5.24. The fourth-order valence-electron chi connectivity index (χ4n) is 2.04. The monoisotopic (exact) mass is 190 g/mol. The zero-order chi connectivity index (χ0) is 10.1. The lowest BCUT2D eigenvalue weighted by molar-refractivity contribution is 0.106. The summed E-state index contributed by atoms with van der Waals surface area (Å²) in [6.45, 7) is 4.22. The number of aliphatic hydroxyl groups is 1. The van der Waals surface area contributed by atoms with Gasteiger partial charge in [0.15, 0.2) is 0 Å². The molecule has 0 radical (unpaired) electrons. The van der Waals surface area contributed by atoms with Crippen molar-refractivity contribution in [2.45, 2.75) is 32.8 Å². The van der Waals surface area contributed by atoms with Crippen LogP contribution in [-0.4, -0.2) is 5.11 Å². The van der Waals surface area contributed by atoms with Crippen molar-refractivity contribution in [2.24, 2.45) is 11.8 Å². The van der Waals surface area contributed by atoms with E-state index in [2.05, 4.69) is 26.0 Å². The largest absolute Gasteiger partial charge is 0.388 e. The molecule has 0 aliphatic heterocycles. The molecule has 1 saturated carbocycles. The molecule has 1 heteroatoms. The van der Waals surface area contributed by atoms with Crippen LogP contribution in [0.15, 0.2) is 24.3 Å². The molecule has 1 aliphatic carbocycles. The maximum absolute atomic E-state index is 10.1. The van der Waals surface area contributed by atoms with Crippen LogP contribution in [0.25, 0.3) is 0 Å². The summed E-state index contributed by atoms with van der Waals surface area (Å²) in [4.78, 5) is 0. The molecule has 2 atom stereocenters. The second-order valence-corrected chi connectivity index (χ2v) is 4.56. The van der Waals surface area contributed by atoms with E-state index in [1.165, 1.54) is 18.4 Å². The molecule has 2 unspecified atom stereocenters. The van der Waals surface area contributed by atoms with Crippen molar-refractivity contribution in [3.63, 3.8) is 0 Å². The molecule has 76 valence electrons. The van der Waals surface area contributed by atoms with Gasteiger partial charge in [0, 0.05) is 0 Å². The first kappa shape index (κ1) is 9.72. The lowest BCUT2D eigenvalue weighted by Gasteiger charge is -2.18. The van der Waals surface area contributed by atoms with Crippen molar-refractivity contribution in [3.05, 3.63) is 35.4 Å². The third kappa shape index (κ3) is 1.98. The van der Waals surface area contributed by atoms with E-state index in [0.717, 1.165) is 11.5 Å². The standard InChI is InChI=1S/C13H18O/c1-9-4-3-5-12(8-9)13(14)10(2)11-6-7-11/h3-5,8,10-11,13-14H,6-7H2,1-2H3. The molecule has 1 aliphatic rings. The second-order valence-electron chi connectivity index (χ2n) is 4.56. The topological polar surface area (TPSA) is 20.2 Å². The van der Waals surface area contributed by atoms with Gasteiger partial charge in [-0.3, -0.25) is 0 Å². The Morgan fingerprint density at radius 3 is 2.64 bits per heavy atom. The van der Waals surface area contributed by atoms with Gasteiger partial charge >= 0.3 is 0 Å². The summed E-state index contributed by atoms with van der Waals surface area (Å²) in [5.74, 6) is 1.17. The highest BCUT2D eigenvalue weighted by Crippen LogP contribution is 2.42. The second kappa shape index (κ2) is 3.74. The zero-order valence-corrected chi connectivity index (χ0v) is 8.90. The van der Waals surface area contributed by atoms with Crippen molar-refractivity contribution in [1.82, 2.24) is 0 Å². The van der Waals surface area contributed by atoms with Crippen LogP contribution >= 0.6 is 0 Å². The van der Waals surface area contributed by atoms with E-state index < -0.39 is 0 Å². The van der Waals surface area contributed by atoms with E-state index in [0.29, 0.717) is 5.92 Å². The van der Waals surface area contributed by atoms with Crippen molar-refractivity contribution >= 4 is 0 Å². The quantitative estimate of drug-likeness (QED) is 0.776. The van der Waals surface area contributed by atoms with Crippen molar-refractivity contribution in [1.29, 1.82) is 0 Å². The molecule has 0 aromatic heterocycles. The summed E-state index contributed by atoms with van der Waals surface area (Å²) in [5, 5.41) is 10.1. The van der Waals surface area contributed by atoms with Crippen LogP contribution in [-0.2, 0) is 0 Å². The predicted octanol–water partition coefficient (Wildman–Crippen LogP) is 3.07. The van der Waals surface area contributed by atoms with Gasteiger partial charge < -0.3 is 5.11 Å². The molecule has 0 heterocycles. The lowest BCUT2D eigenvalue weighted by Crippen LogP contribution is -2.11. The maximum Gasteiger partial charge on any atom is 0.0818 e. The SMILES string of the molecule is Cc1cccc(C(O)C(C)C2CC2)c1. The molecule has 1 aromatic carbocycles. The Bertz CT molecular complexity index is 315. The molecule has 0 spiro atoms. The van der Waals surface area contributed by atoms with Gasteiger partial charge in [0.05, 0.1) is 6.10 Å². The minimum Gasteiger partial charge on any atom is -0.388 e. The van der Waals surface area contributed by atoms with Gasteiger partial charge in [-0.15, -0.1) is 0 Å². The van der Waals surface area contributed by atoms with E-state index in [1.54, 1.807) is 0 Å². The summed E-state index contributed by atoms with van der Waals surface area (Å²) in [6.07, 6.45) is 2.32. The molecule has 0 saturated heterocycles. The molecule has 2 rings (SSSR count). The maximum atomic E-state index is 10.1. The summed E-state index contributed by atoms with van der Waals surface area (Å²) in [5.41, 5.74) is 2.30. The lowest BCUT2D eigenvalue weighted by atomic mass is 9.93. The minimum absolute atomic E-state index is 0.276. The van der Waals surface area contributed by atoms with E-state index in [9.17, 15) is 5.11 Å². The normalized spacial score (nSPS) is 20.5. The van der Waals surface area contributed by atoms with Crippen molar-refractivity contribution in [2.75, 3.05) is 0 Å². The molecule has 1 aromatic rings. The number of aryl methyl sites for hydroxylation is 1. The Morgan fingerprint density at radius 1 is 1.36 bits per heavy atom. The Labute approximate surface area is 85.8 Å². The Morgan fingerprint density at radius 2 is 2.07 bits per heavy atom. The predicted molar refractivity (Wildman–Crippen MR) is 58.0 cm³/mol.